The Morgan fingerprint density at radius 3 is 2.31 bits per heavy atom. The number of rotatable bonds is 6. The fourth-order valence-electron chi connectivity index (χ4n) is 2.09. The minimum Gasteiger partial charge on any atom is -0.465 e. The molecule has 9 heteroatoms. The topological polar surface area (TPSA) is 102 Å². The van der Waals surface area contributed by atoms with Gasteiger partial charge in [0.25, 0.3) is 15.9 Å². The van der Waals surface area contributed by atoms with Crippen LogP contribution in [0.4, 0.5) is 5.69 Å². The Morgan fingerprint density at radius 1 is 1.00 bits per heavy atom. The maximum atomic E-state index is 12.4. The minimum absolute atomic E-state index is 0.0854. The monoisotopic (exact) mass is 378 g/mol. The van der Waals surface area contributed by atoms with Crippen molar-refractivity contribution in [2.75, 3.05) is 26.6 Å². The molecule has 0 radical (unpaired) electrons. The van der Waals surface area contributed by atoms with Crippen LogP contribution in [0.1, 0.15) is 20.7 Å². The summed E-state index contributed by atoms with van der Waals surface area (Å²) < 4.78 is 29.9. The number of nitrogens with zero attached hydrogens (tertiary/aromatic N) is 1. The molecule has 0 heterocycles. The quantitative estimate of drug-likeness (QED) is 0.608. The summed E-state index contributed by atoms with van der Waals surface area (Å²) in [6, 6.07) is 11.7. The van der Waals surface area contributed by atoms with Gasteiger partial charge in [0.05, 0.1) is 24.7 Å². The van der Waals surface area contributed by atoms with E-state index in [1.807, 2.05) is 0 Å². The summed E-state index contributed by atoms with van der Waals surface area (Å²) in [6.07, 6.45) is 0. The molecule has 0 aliphatic rings. The van der Waals surface area contributed by atoms with Gasteiger partial charge < -0.3 is 10.1 Å². The number of amides is 1. The Balaban J connectivity index is 2.26. The third-order valence-electron chi connectivity index (χ3n) is 3.53. The molecule has 26 heavy (non-hydrogen) atoms. The second-order valence-corrected chi connectivity index (χ2v) is 7.09. The Labute approximate surface area is 151 Å². The highest BCUT2D eigenvalue weighted by Gasteiger charge is 2.22. The zero-order chi connectivity index (χ0) is 19.3. The van der Waals surface area contributed by atoms with Gasteiger partial charge in [0.1, 0.15) is 0 Å². The third kappa shape index (κ3) is 4.26. The molecule has 0 unspecified atom stereocenters. The van der Waals surface area contributed by atoms with Crippen molar-refractivity contribution in [3.05, 3.63) is 59.7 Å². The first-order valence-electron chi connectivity index (χ1n) is 7.42. The molecular weight excluding hydrogens is 360 g/mol. The molecule has 1 amide bonds. The van der Waals surface area contributed by atoms with Crippen LogP contribution in [0.15, 0.2) is 53.4 Å². The maximum Gasteiger partial charge on any atom is 0.337 e. The zero-order valence-electron chi connectivity index (χ0n) is 14.4. The van der Waals surface area contributed by atoms with Gasteiger partial charge >= 0.3 is 5.97 Å². The van der Waals surface area contributed by atoms with Crippen molar-refractivity contribution in [1.82, 2.24) is 4.47 Å². The minimum atomic E-state index is -3.87. The number of esters is 1. The van der Waals surface area contributed by atoms with Crippen molar-refractivity contribution in [2.45, 2.75) is 4.90 Å². The molecule has 0 bridgehead atoms. The third-order valence-corrected chi connectivity index (χ3v) is 5.21. The van der Waals surface area contributed by atoms with Gasteiger partial charge in [0.15, 0.2) is 0 Å². The maximum absolute atomic E-state index is 12.4. The molecule has 138 valence electrons. The molecule has 2 rings (SSSR count). The van der Waals surface area contributed by atoms with E-state index in [-0.39, 0.29) is 16.0 Å². The number of anilines is 1. The van der Waals surface area contributed by atoms with Crippen LogP contribution in [-0.2, 0) is 19.6 Å². The van der Waals surface area contributed by atoms with Crippen LogP contribution in [0.5, 0.6) is 0 Å². The van der Waals surface area contributed by atoms with Crippen molar-refractivity contribution in [3.63, 3.8) is 0 Å². The van der Waals surface area contributed by atoms with E-state index in [4.69, 9.17) is 4.84 Å². The first-order valence-corrected chi connectivity index (χ1v) is 8.86. The fraction of sp³-hybridized carbons (Fsp3) is 0.176. The molecule has 0 saturated heterocycles. The number of methoxy groups -OCH3 is 1. The van der Waals surface area contributed by atoms with E-state index < -0.39 is 21.9 Å². The molecule has 0 atom stereocenters. The van der Waals surface area contributed by atoms with Crippen molar-refractivity contribution in [2.24, 2.45) is 0 Å². The van der Waals surface area contributed by atoms with E-state index in [9.17, 15) is 18.0 Å². The second-order valence-electron chi connectivity index (χ2n) is 5.15. The lowest BCUT2D eigenvalue weighted by atomic mass is 10.1. The number of hydrogen-bond donors (Lipinski definition) is 1. The van der Waals surface area contributed by atoms with Crippen LogP contribution in [-0.4, -0.2) is 46.0 Å². The number of ether oxygens (including phenoxy) is 1. The molecule has 0 aliphatic carbocycles. The van der Waals surface area contributed by atoms with Crippen LogP contribution in [0, 0.1) is 0 Å². The zero-order valence-corrected chi connectivity index (χ0v) is 15.2. The van der Waals surface area contributed by atoms with Crippen LogP contribution in [0.2, 0.25) is 0 Å². The molecule has 1 N–H and O–H groups in total. The molecule has 0 saturated carbocycles. The van der Waals surface area contributed by atoms with Crippen LogP contribution < -0.4 is 5.32 Å². The molecule has 0 spiro atoms. The van der Waals surface area contributed by atoms with Gasteiger partial charge in [-0.25, -0.2) is 13.2 Å². The molecule has 8 nitrogen and oxygen atoms in total. The lowest BCUT2D eigenvalue weighted by Gasteiger charge is -2.14. The second kappa shape index (κ2) is 8.09. The van der Waals surface area contributed by atoms with Gasteiger partial charge in [-0.2, -0.15) is 0 Å². The first-order chi connectivity index (χ1) is 12.3. The first kappa shape index (κ1) is 19.6. The lowest BCUT2D eigenvalue weighted by Crippen LogP contribution is -2.26. The highest BCUT2D eigenvalue weighted by atomic mass is 32.2. The highest BCUT2D eigenvalue weighted by molar-refractivity contribution is 7.89. The van der Waals surface area contributed by atoms with Gasteiger partial charge in [-0.05, 0) is 36.4 Å². The van der Waals surface area contributed by atoms with E-state index in [0.29, 0.717) is 10.2 Å². The summed E-state index contributed by atoms with van der Waals surface area (Å²) in [7, 11) is -0.134. The van der Waals surface area contributed by atoms with Crippen molar-refractivity contribution < 1.29 is 27.6 Å². The van der Waals surface area contributed by atoms with Gasteiger partial charge in [0, 0.05) is 18.3 Å². The average Bonchev–Trinajstić information content (AvgIpc) is 2.66. The Kier molecular flexibility index (Phi) is 6.09. The molecule has 2 aromatic rings. The smallest absolute Gasteiger partial charge is 0.337 e. The van der Waals surface area contributed by atoms with Crippen molar-refractivity contribution >= 4 is 27.6 Å². The number of hydrogen-bond acceptors (Lipinski definition) is 6. The number of carbonyl (C=O) groups is 2. The Bertz CT molecular complexity index is 926. The summed E-state index contributed by atoms with van der Waals surface area (Å²) in [5, 5.41) is 2.61. The van der Waals surface area contributed by atoms with Crippen molar-refractivity contribution in [1.29, 1.82) is 0 Å². The summed E-state index contributed by atoms with van der Waals surface area (Å²) in [6.45, 7) is 0. The number of benzene rings is 2. The molecule has 0 aliphatic heterocycles. The summed E-state index contributed by atoms with van der Waals surface area (Å²) in [4.78, 5) is 28.6. The average molecular weight is 378 g/mol. The summed E-state index contributed by atoms with van der Waals surface area (Å²) in [5.41, 5.74) is 0.794. The Morgan fingerprint density at radius 2 is 1.65 bits per heavy atom. The highest BCUT2D eigenvalue weighted by Crippen LogP contribution is 2.18. The van der Waals surface area contributed by atoms with E-state index in [0.717, 1.165) is 0 Å². The SMILES string of the molecule is COC(=O)c1cccc(NC(=O)c2cccc(S(=O)(=O)N(C)OC)c2)c1. The number of sulfonamides is 1. The summed E-state index contributed by atoms with van der Waals surface area (Å²) >= 11 is 0. The van der Waals surface area contributed by atoms with Crippen LogP contribution in [0.25, 0.3) is 0 Å². The van der Waals surface area contributed by atoms with E-state index in [2.05, 4.69) is 10.1 Å². The van der Waals surface area contributed by atoms with E-state index in [1.54, 1.807) is 18.2 Å². The fourth-order valence-corrected chi connectivity index (χ4v) is 3.11. The molecule has 0 fully saturated rings. The van der Waals surface area contributed by atoms with Gasteiger partial charge in [-0.3, -0.25) is 9.63 Å². The molecule has 2 aromatic carbocycles. The number of carbonyl (C=O) groups excluding carboxylic acids is 2. The molecular formula is C17H18N2O6S. The van der Waals surface area contributed by atoms with E-state index >= 15 is 0 Å². The van der Waals surface area contributed by atoms with E-state index in [1.165, 1.54) is 51.6 Å². The lowest BCUT2D eigenvalue weighted by molar-refractivity contribution is -0.0258. The van der Waals surface area contributed by atoms with Crippen molar-refractivity contribution in [3.8, 4) is 0 Å². The van der Waals surface area contributed by atoms with Crippen LogP contribution in [0.3, 0.4) is 0 Å². The predicted molar refractivity (Wildman–Crippen MR) is 94.1 cm³/mol. The van der Waals surface area contributed by atoms with Gasteiger partial charge in [-0.1, -0.05) is 16.6 Å². The van der Waals surface area contributed by atoms with Gasteiger partial charge in [-0.15, -0.1) is 0 Å². The number of hydroxylamine groups is 1. The Hall–Kier alpha value is -2.75. The van der Waals surface area contributed by atoms with Crippen LogP contribution >= 0.6 is 0 Å². The number of nitrogens with one attached hydrogen (secondary N) is 1. The summed E-state index contributed by atoms with van der Waals surface area (Å²) in [5.74, 6) is -1.05. The predicted octanol–water partition coefficient (Wildman–Crippen LogP) is 1.91. The molecule has 0 aromatic heterocycles. The standard InChI is InChI=1S/C17H18N2O6S/c1-19(25-3)26(22,23)15-9-5-6-12(11-15)16(20)18-14-8-4-7-13(10-14)17(21)24-2/h4-11H,1-3H3,(H,18,20). The largest absolute Gasteiger partial charge is 0.465 e. The van der Waals surface area contributed by atoms with Gasteiger partial charge in [0.2, 0.25) is 0 Å². The normalized spacial score (nSPS) is 11.2.